The number of sulfonamides is 1. The summed E-state index contributed by atoms with van der Waals surface area (Å²) in [7, 11) is -3.51. The lowest BCUT2D eigenvalue weighted by atomic mass is 10.2. The summed E-state index contributed by atoms with van der Waals surface area (Å²) in [6, 6.07) is 3.97. The molecule has 16 heavy (non-hydrogen) atoms. The number of aryl methyl sites for hydroxylation is 1. The minimum Gasteiger partial charge on any atom is -0.396 e. The van der Waals surface area contributed by atoms with Crippen LogP contribution in [0.15, 0.2) is 18.2 Å². The van der Waals surface area contributed by atoms with E-state index in [0.717, 1.165) is 6.07 Å². The van der Waals surface area contributed by atoms with Gasteiger partial charge in [0.2, 0.25) is 10.0 Å². The number of benzene rings is 1. The monoisotopic (exact) mass is 247 g/mol. The summed E-state index contributed by atoms with van der Waals surface area (Å²) in [6.07, 6.45) is 0.156. The molecule has 0 amide bonds. The summed E-state index contributed by atoms with van der Waals surface area (Å²) < 4.78 is 38.1. The number of hydrogen-bond donors (Lipinski definition) is 2. The zero-order chi connectivity index (χ0) is 12.2. The third kappa shape index (κ3) is 4.16. The molecule has 0 fully saturated rings. The molecule has 90 valence electrons. The Morgan fingerprint density at radius 2 is 2.06 bits per heavy atom. The molecule has 0 bridgehead atoms. The van der Waals surface area contributed by atoms with Crippen molar-refractivity contribution in [2.24, 2.45) is 0 Å². The molecule has 0 aliphatic heterocycles. The lowest BCUT2D eigenvalue weighted by molar-refractivity contribution is 0.295. The van der Waals surface area contributed by atoms with Crippen LogP contribution in [-0.2, 0) is 10.0 Å². The first kappa shape index (κ1) is 12.9. The van der Waals surface area contributed by atoms with E-state index in [-0.39, 0.29) is 24.5 Å². The number of aliphatic hydroxyl groups excluding tert-OH is 1. The Balaban J connectivity index is 2.80. The van der Waals surface area contributed by atoms with E-state index >= 15 is 0 Å². The fourth-order valence-electron chi connectivity index (χ4n) is 1.28. The maximum atomic E-state index is 13.0. The van der Waals surface area contributed by atoms with Crippen LogP contribution in [0, 0.1) is 12.7 Å². The number of hydrogen-bond acceptors (Lipinski definition) is 3. The van der Waals surface area contributed by atoms with Crippen LogP contribution in [0.1, 0.15) is 12.0 Å². The Hall–Kier alpha value is -1.14. The first-order chi connectivity index (χ1) is 7.43. The Labute approximate surface area is 94.2 Å². The van der Waals surface area contributed by atoms with Crippen LogP contribution in [0.4, 0.5) is 10.1 Å². The predicted molar refractivity (Wildman–Crippen MR) is 60.2 cm³/mol. The minimum atomic E-state index is -3.51. The summed E-state index contributed by atoms with van der Waals surface area (Å²) in [4.78, 5) is 0. The van der Waals surface area contributed by atoms with E-state index < -0.39 is 15.8 Å². The van der Waals surface area contributed by atoms with Crippen LogP contribution in [0.2, 0.25) is 0 Å². The molecule has 0 spiro atoms. The fourth-order valence-corrected chi connectivity index (χ4v) is 2.37. The lowest BCUT2D eigenvalue weighted by Gasteiger charge is -2.08. The molecule has 0 saturated carbocycles. The standard InChI is InChI=1S/C10H14FNO3S/c1-8-5-9(11)7-10(6-8)12-16(14,15)4-2-3-13/h5-7,12-13H,2-4H2,1H3. The van der Waals surface area contributed by atoms with Gasteiger partial charge in [-0.25, -0.2) is 12.8 Å². The highest BCUT2D eigenvalue weighted by molar-refractivity contribution is 7.92. The highest BCUT2D eigenvalue weighted by Crippen LogP contribution is 2.14. The van der Waals surface area contributed by atoms with Gasteiger partial charge in [-0.1, -0.05) is 0 Å². The molecular weight excluding hydrogens is 233 g/mol. The molecule has 0 aromatic heterocycles. The average molecular weight is 247 g/mol. The van der Waals surface area contributed by atoms with E-state index in [1.807, 2.05) is 0 Å². The van der Waals surface area contributed by atoms with Crippen LogP contribution >= 0.6 is 0 Å². The van der Waals surface area contributed by atoms with E-state index in [4.69, 9.17) is 5.11 Å². The van der Waals surface area contributed by atoms with Gasteiger partial charge in [-0.3, -0.25) is 4.72 Å². The molecule has 2 N–H and O–H groups in total. The van der Waals surface area contributed by atoms with Crippen LogP contribution in [0.3, 0.4) is 0 Å². The van der Waals surface area contributed by atoms with E-state index in [1.54, 1.807) is 13.0 Å². The van der Waals surface area contributed by atoms with Crippen molar-refractivity contribution in [2.75, 3.05) is 17.1 Å². The number of aliphatic hydroxyl groups is 1. The quantitative estimate of drug-likeness (QED) is 0.823. The molecule has 6 heteroatoms. The highest BCUT2D eigenvalue weighted by atomic mass is 32.2. The number of rotatable bonds is 5. The third-order valence-electron chi connectivity index (χ3n) is 1.89. The smallest absolute Gasteiger partial charge is 0.232 e. The largest absolute Gasteiger partial charge is 0.396 e. The van der Waals surface area contributed by atoms with Gasteiger partial charge < -0.3 is 5.11 Å². The molecule has 0 aliphatic rings. The summed E-state index contributed by atoms with van der Waals surface area (Å²) in [6.45, 7) is 1.48. The predicted octanol–water partition coefficient (Wildman–Crippen LogP) is 1.26. The Bertz CT molecular complexity index is 439. The molecule has 0 aliphatic carbocycles. The molecule has 0 radical (unpaired) electrons. The molecule has 1 aromatic rings. The van der Waals surface area contributed by atoms with E-state index in [0.29, 0.717) is 5.56 Å². The van der Waals surface area contributed by atoms with Gasteiger partial charge in [-0.05, 0) is 37.1 Å². The second-order valence-corrected chi connectivity index (χ2v) is 5.36. The SMILES string of the molecule is Cc1cc(F)cc(NS(=O)(=O)CCCO)c1. The Kier molecular flexibility index (Phi) is 4.26. The number of nitrogens with one attached hydrogen (secondary N) is 1. The van der Waals surface area contributed by atoms with Crippen molar-refractivity contribution in [3.05, 3.63) is 29.6 Å². The summed E-state index contributed by atoms with van der Waals surface area (Å²) in [5.41, 5.74) is 0.843. The zero-order valence-electron chi connectivity index (χ0n) is 8.90. The second kappa shape index (κ2) is 5.27. The summed E-state index contributed by atoms with van der Waals surface area (Å²) >= 11 is 0. The molecular formula is C10H14FNO3S. The van der Waals surface area contributed by atoms with Crippen molar-refractivity contribution in [2.45, 2.75) is 13.3 Å². The number of halogens is 1. The molecule has 1 rings (SSSR count). The first-order valence-electron chi connectivity index (χ1n) is 4.81. The van der Waals surface area contributed by atoms with Gasteiger partial charge in [0.15, 0.2) is 0 Å². The summed E-state index contributed by atoms with van der Waals surface area (Å²) in [5.74, 6) is -0.668. The van der Waals surface area contributed by atoms with Gasteiger partial charge in [0.1, 0.15) is 5.82 Å². The van der Waals surface area contributed by atoms with Gasteiger partial charge in [0.05, 0.1) is 11.4 Å². The van der Waals surface area contributed by atoms with Crippen LogP contribution in [0.25, 0.3) is 0 Å². The van der Waals surface area contributed by atoms with Gasteiger partial charge >= 0.3 is 0 Å². The maximum absolute atomic E-state index is 13.0. The molecule has 0 atom stereocenters. The summed E-state index contributed by atoms with van der Waals surface area (Å²) in [5, 5.41) is 8.53. The van der Waals surface area contributed by atoms with Crippen molar-refractivity contribution in [3.8, 4) is 0 Å². The van der Waals surface area contributed by atoms with Gasteiger partial charge in [-0.15, -0.1) is 0 Å². The van der Waals surface area contributed by atoms with Crippen LogP contribution in [-0.4, -0.2) is 25.9 Å². The molecule has 4 nitrogen and oxygen atoms in total. The van der Waals surface area contributed by atoms with Gasteiger partial charge in [-0.2, -0.15) is 0 Å². The second-order valence-electron chi connectivity index (χ2n) is 3.52. The van der Waals surface area contributed by atoms with Gasteiger partial charge in [0.25, 0.3) is 0 Å². The minimum absolute atomic E-state index is 0.156. The van der Waals surface area contributed by atoms with Crippen LogP contribution < -0.4 is 4.72 Å². The van der Waals surface area contributed by atoms with Crippen molar-refractivity contribution in [3.63, 3.8) is 0 Å². The van der Waals surface area contributed by atoms with E-state index in [1.165, 1.54) is 6.07 Å². The van der Waals surface area contributed by atoms with E-state index in [9.17, 15) is 12.8 Å². The van der Waals surface area contributed by atoms with Crippen molar-refractivity contribution < 1.29 is 17.9 Å². The topological polar surface area (TPSA) is 66.4 Å². The normalized spacial score (nSPS) is 11.4. The average Bonchev–Trinajstić information content (AvgIpc) is 2.12. The van der Waals surface area contributed by atoms with E-state index in [2.05, 4.69) is 4.72 Å². The number of anilines is 1. The molecule has 1 aromatic carbocycles. The molecule has 0 saturated heterocycles. The Morgan fingerprint density at radius 1 is 1.38 bits per heavy atom. The third-order valence-corrected chi connectivity index (χ3v) is 3.26. The van der Waals surface area contributed by atoms with Crippen molar-refractivity contribution in [1.29, 1.82) is 0 Å². The van der Waals surface area contributed by atoms with Crippen molar-refractivity contribution in [1.82, 2.24) is 0 Å². The maximum Gasteiger partial charge on any atom is 0.232 e. The first-order valence-corrected chi connectivity index (χ1v) is 6.47. The fraction of sp³-hybridized carbons (Fsp3) is 0.400. The molecule has 0 heterocycles. The zero-order valence-corrected chi connectivity index (χ0v) is 9.72. The molecule has 0 unspecified atom stereocenters. The Morgan fingerprint density at radius 3 is 2.62 bits per heavy atom. The lowest BCUT2D eigenvalue weighted by Crippen LogP contribution is -2.17. The highest BCUT2D eigenvalue weighted by Gasteiger charge is 2.10. The van der Waals surface area contributed by atoms with Gasteiger partial charge in [0, 0.05) is 6.61 Å². The van der Waals surface area contributed by atoms with Crippen molar-refractivity contribution >= 4 is 15.7 Å². The van der Waals surface area contributed by atoms with Crippen LogP contribution in [0.5, 0.6) is 0 Å².